The zero-order valence-corrected chi connectivity index (χ0v) is 14.7. The second-order valence-electron chi connectivity index (χ2n) is 4.93. The van der Waals surface area contributed by atoms with Crippen LogP contribution in [-0.4, -0.2) is 14.0 Å². The van der Waals surface area contributed by atoms with E-state index >= 15 is 0 Å². The summed E-state index contributed by atoms with van der Waals surface area (Å²) in [6, 6.07) is 7.77. The Bertz CT molecular complexity index is 638. The maximum Gasteiger partial charge on any atom is 0.0753 e. The molecule has 114 valence electrons. The van der Waals surface area contributed by atoms with Crippen LogP contribution in [-0.2, 0) is 16.6 Å². The van der Waals surface area contributed by atoms with Crippen LogP contribution >= 0.6 is 15.9 Å². The summed E-state index contributed by atoms with van der Waals surface area (Å²) in [4.78, 5) is 0.662. The lowest BCUT2D eigenvalue weighted by Gasteiger charge is -2.12. The Morgan fingerprint density at radius 3 is 2.67 bits per heavy atom. The van der Waals surface area contributed by atoms with Crippen molar-refractivity contribution >= 4 is 32.4 Å². The molecule has 2 rings (SSSR count). The first-order valence-corrected chi connectivity index (χ1v) is 9.13. The summed E-state index contributed by atoms with van der Waals surface area (Å²) in [5.41, 5.74) is 7.30. The summed E-state index contributed by atoms with van der Waals surface area (Å²) in [7, 11) is -1.18. The molecule has 1 unspecified atom stereocenters. The van der Waals surface area contributed by atoms with Gasteiger partial charge in [0.25, 0.3) is 0 Å². The molecule has 0 bridgehead atoms. The van der Waals surface area contributed by atoms with Crippen molar-refractivity contribution in [1.29, 1.82) is 0 Å². The van der Waals surface area contributed by atoms with Gasteiger partial charge in [-0.05, 0) is 37.1 Å². The molecule has 4 nitrogen and oxygen atoms in total. The highest BCUT2D eigenvalue weighted by Crippen LogP contribution is 2.23. The van der Waals surface area contributed by atoms with E-state index in [1.54, 1.807) is 12.1 Å². The molecular weight excluding hydrogens is 350 g/mol. The van der Waals surface area contributed by atoms with E-state index in [9.17, 15) is 4.21 Å². The molecule has 1 aromatic carbocycles. The van der Waals surface area contributed by atoms with Crippen molar-refractivity contribution in [2.24, 2.45) is 0 Å². The summed E-state index contributed by atoms with van der Waals surface area (Å²) in [6.07, 6.45) is 4.05. The molecule has 21 heavy (non-hydrogen) atoms. The Morgan fingerprint density at radius 1 is 1.33 bits per heavy atom. The number of benzene rings is 1. The summed E-state index contributed by atoms with van der Waals surface area (Å²) >= 11 is 3.35. The number of nitrogens with two attached hydrogens (primary N) is 1. The van der Waals surface area contributed by atoms with Gasteiger partial charge in [0.15, 0.2) is 0 Å². The van der Waals surface area contributed by atoms with Gasteiger partial charge in [0.2, 0.25) is 0 Å². The van der Waals surface area contributed by atoms with Crippen LogP contribution in [0.25, 0.3) is 0 Å². The van der Waals surface area contributed by atoms with Gasteiger partial charge in [-0.3, -0.25) is 8.89 Å². The van der Waals surface area contributed by atoms with E-state index in [-0.39, 0.29) is 0 Å². The van der Waals surface area contributed by atoms with Crippen LogP contribution in [0.3, 0.4) is 0 Å². The fourth-order valence-electron chi connectivity index (χ4n) is 2.26. The molecule has 6 heteroatoms. The lowest BCUT2D eigenvalue weighted by molar-refractivity contribution is 0.426. The molecule has 0 aliphatic rings. The van der Waals surface area contributed by atoms with Crippen LogP contribution in [0.5, 0.6) is 0 Å². The standard InChI is InChI=1S/C15H20BrN3OS/c1-3-13(4-2)19-8-7-12(18-19)10-21(20)15-6-5-11(16)9-14(15)17/h5-9,13H,3-4,10,17H2,1-2H3. The Labute approximate surface area is 136 Å². The number of aromatic nitrogens is 2. The second-order valence-corrected chi connectivity index (χ2v) is 7.26. The second kappa shape index (κ2) is 7.22. The van der Waals surface area contributed by atoms with E-state index in [1.165, 1.54) is 0 Å². The topological polar surface area (TPSA) is 60.9 Å². The fourth-order valence-corrected chi connectivity index (χ4v) is 3.76. The van der Waals surface area contributed by atoms with Crippen LogP contribution in [0.4, 0.5) is 5.69 Å². The minimum Gasteiger partial charge on any atom is -0.398 e. The van der Waals surface area contributed by atoms with E-state index in [1.807, 2.05) is 23.0 Å². The highest BCUT2D eigenvalue weighted by molar-refractivity contribution is 9.10. The van der Waals surface area contributed by atoms with Gasteiger partial charge in [-0.1, -0.05) is 29.8 Å². The molecule has 0 radical (unpaired) electrons. The molecule has 1 aromatic heterocycles. The van der Waals surface area contributed by atoms with Gasteiger partial charge in [0.1, 0.15) is 0 Å². The number of rotatable bonds is 6. The Morgan fingerprint density at radius 2 is 2.05 bits per heavy atom. The summed E-state index contributed by atoms with van der Waals surface area (Å²) in [5.74, 6) is 0.388. The van der Waals surface area contributed by atoms with Gasteiger partial charge in [0, 0.05) is 16.4 Å². The number of anilines is 1. The van der Waals surface area contributed by atoms with Crippen LogP contribution in [0, 0.1) is 0 Å². The van der Waals surface area contributed by atoms with Crippen molar-refractivity contribution in [1.82, 2.24) is 9.78 Å². The summed E-state index contributed by atoms with van der Waals surface area (Å²) in [5, 5.41) is 4.54. The van der Waals surface area contributed by atoms with Crippen LogP contribution in [0.2, 0.25) is 0 Å². The van der Waals surface area contributed by atoms with Gasteiger partial charge in [-0.25, -0.2) is 0 Å². The zero-order chi connectivity index (χ0) is 15.4. The molecule has 0 fully saturated rings. The first-order chi connectivity index (χ1) is 10.0. The van der Waals surface area contributed by atoms with Crippen molar-refractivity contribution in [2.75, 3.05) is 5.73 Å². The van der Waals surface area contributed by atoms with Crippen molar-refractivity contribution in [2.45, 2.75) is 43.4 Å². The van der Waals surface area contributed by atoms with Gasteiger partial charge >= 0.3 is 0 Å². The van der Waals surface area contributed by atoms with Crippen molar-refractivity contribution in [3.8, 4) is 0 Å². The van der Waals surface area contributed by atoms with Gasteiger partial charge < -0.3 is 5.73 Å². The van der Waals surface area contributed by atoms with Crippen LogP contribution in [0.1, 0.15) is 38.4 Å². The molecule has 2 aromatic rings. The monoisotopic (exact) mass is 369 g/mol. The van der Waals surface area contributed by atoms with Crippen LogP contribution < -0.4 is 5.73 Å². The number of hydrogen-bond acceptors (Lipinski definition) is 3. The minimum atomic E-state index is -1.18. The largest absolute Gasteiger partial charge is 0.398 e. The molecule has 2 N–H and O–H groups in total. The number of halogens is 1. The van der Waals surface area contributed by atoms with Crippen LogP contribution in [0.15, 0.2) is 39.8 Å². The normalized spacial score (nSPS) is 12.8. The quantitative estimate of drug-likeness (QED) is 0.785. The molecule has 0 aliphatic carbocycles. The van der Waals surface area contributed by atoms with Crippen molar-refractivity contribution < 1.29 is 4.21 Å². The van der Waals surface area contributed by atoms with Gasteiger partial charge in [-0.2, -0.15) is 5.10 Å². The third-order valence-electron chi connectivity index (χ3n) is 3.48. The first kappa shape index (κ1) is 16.2. The van der Waals surface area contributed by atoms with E-state index in [2.05, 4.69) is 34.9 Å². The maximum absolute atomic E-state index is 12.4. The average Bonchev–Trinajstić information content (AvgIpc) is 2.88. The van der Waals surface area contributed by atoms with E-state index in [0.717, 1.165) is 23.0 Å². The third-order valence-corrected chi connectivity index (χ3v) is 5.39. The first-order valence-electron chi connectivity index (χ1n) is 7.02. The summed E-state index contributed by atoms with van der Waals surface area (Å²) in [6.45, 7) is 4.30. The lowest BCUT2D eigenvalue weighted by Crippen LogP contribution is -2.08. The smallest absolute Gasteiger partial charge is 0.0753 e. The number of nitrogen functional groups attached to an aromatic ring is 1. The predicted octanol–water partition coefficient (Wildman–Crippen LogP) is 3.90. The average molecular weight is 370 g/mol. The minimum absolute atomic E-state index is 0.388. The Balaban J connectivity index is 2.13. The highest BCUT2D eigenvalue weighted by atomic mass is 79.9. The molecule has 1 atom stereocenters. The molecule has 0 saturated heterocycles. The molecular formula is C15H20BrN3OS. The Kier molecular flexibility index (Phi) is 5.58. The maximum atomic E-state index is 12.4. The van der Waals surface area contributed by atoms with Gasteiger partial charge in [0.05, 0.1) is 33.2 Å². The van der Waals surface area contributed by atoms with Gasteiger partial charge in [-0.15, -0.1) is 0 Å². The SMILES string of the molecule is CCC(CC)n1ccc(CS(=O)c2ccc(Br)cc2N)n1. The van der Waals surface area contributed by atoms with E-state index < -0.39 is 10.8 Å². The lowest BCUT2D eigenvalue weighted by atomic mass is 10.2. The summed E-state index contributed by atoms with van der Waals surface area (Å²) < 4.78 is 15.3. The van der Waals surface area contributed by atoms with Crippen molar-refractivity contribution in [3.05, 3.63) is 40.6 Å². The number of hydrogen-bond donors (Lipinski definition) is 1. The number of nitrogens with zero attached hydrogens (tertiary/aromatic N) is 2. The fraction of sp³-hybridized carbons (Fsp3) is 0.400. The van der Waals surface area contributed by atoms with E-state index in [0.29, 0.717) is 22.4 Å². The molecule has 1 heterocycles. The third kappa shape index (κ3) is 3.95. The molecule has 0 amide bonds. The zero-order valence-electron chi connectivity index (χ0n) is 12.3. The molecule has 0 saturated carbocycles. The highest BCUT2D eigenvalue weighted by Gasteiger charge is 2.13. The molecule has 0 spiro atoms. The van der Waals surface area contributed by atoms with Crippen molar-refractivity contribution in [3.63, 3.8) is 0 Å². The van der Waals surface area contributed by atoms with E-state index in [4.69, 9.17) is 5.73 Å². The predicted molar refractivity (Wildman–Crippen MR) is 90.5 cm³/mol. The Hall–Kier alpha value is -1.14. The molecule has 0 aliphatic heterocycles.